The van der Waals surface area contributed by atoms with E-state index in [4.69, 9.17) is 9.47 Å². The molecule has 0 aliphatic carbocycles. The number of imidazole rings is 1. The van der Waals surface area contributed by atoms with Gasteiger partial charge in [-0.05, 0) is 30.7 Å². The van der Waals surface area contributed by atoms with Crippen LogP contribution in [-0.2, 0) is 0 Å². The van der Waals surface area contributed by atoms with E-state index in [1.165, 1.54) is 11.3 Å². The molecule has 0 fully saturated rings. The molecule has 8 heteroatoms. The summed E-state index contributed by atoms with van der Waals surface area (Å²) in [6.07, 6.45) is 1.97. The number of thiazole rings is 1. The van der Waals surface area contributed by atoms with Crippen LogP contribution in [0.1, 0.15) is 28.2 Å². The van der Waals surface area contributed by atoms with Gasteiger partial charge < -0.3 is 14.8 Å². The highest BCUT2D eigenvalue weighted by Gasteiger charge is 2.19. The van der Waals surface area contributed by atoms with Gasteiger partial charge in [0.15, 0.2) is 16.5 Å². The quantitative estimate of drug-likeness (QED) is 0.594. The zero-order valence-corrected chi connectivity index (χ0v) is 14.8. The lowest BCUT2D eigenvalue weighted by atomic mass is 10.1. The Balaban J connectivity index is 1.39. The molecule has 5 rings (SSSR count). The van der Waals surface area contributed by atoms with Crippen LogP contribution in [0.15, 0.2) is 35.8 Å². The van der Waals surface area contributed by atoms with E-state index in [0.29, 0.717) is 10.6 Å². The van der Waals surface area contributed by atoms with E-state index in [9.17, 15) is 4.79 Å². The first-order chi connectivity index (χ1) is 12.2. The van der Waals surface area contributed by atoms with Crippen LogP contribution in [0.3, 0.4) is 0 Å². The summed E-state index contributed by atoms with van der Waals surface area (Å²) < 4.78 is 12.7. The van der Waals surface area contributed by atoms with Gasteiger partial charge in [-0.3, -0.25) is 9.20 Å². The molecule has 0 saturated carbocycles. The van der Waals surface area contributed by atoms with Crippen LogP contribution in [0.2, 0.25) is 0 Å². The summed E-state index contributed by atoms with van der Waals surface area (Å²) in [5, 5.41) is 5.02. The van der Waals surface area contributed by atoms with E-state index in [-0.39, 0.29) is 18.7 Å². The van der Waals surface area contributed by atoms with Crippen molar-refractivity contribution in [2.24, 2.45) is 0 Å². The molecule has 1 aliphatic rings. The highest BCUT2D eigenvalue weighted by molar-refractivity contribution is 7.21. The van der Waals surface area contributed by atoms with Crippen LogP contribution in [0, 0.1) is 0 Å². The van der Waals surface area contributed by atoms with Crippen LogP contribution >= 0.6 is 22.7 Å². The number of aromatic nitrogens is 2. The standard InChI is InChI=1S/C17H13N3O3S2/c1-9(10-2-3-12-13(6-10)23-8-22-12)18-15(21)14-7-11-16(25-14)19-17-20(11)4-5-24-17/h2-7,9H,8H2,1H3,(H,18,21)/t9-/m1/s1. The van der Waals surface area contributed by atoms with Gasteiger partial charge in [0.05, 0.1) is 16.4 Å². The molecular formula is C17H13N3O3S2. The summed E-state index contributed by atoms with van der Waals surface area (Å²) in [7, 11) is 0. The smallest absolute Gasteiger partial charge is 0.261 e. The molecule has 3 aromatic heterocycles. The molecule has 1 amide bonds. The highest BCUT2D eigenvalue weighted by Crippen LogP contribution is 2.34. The van der Waals surface area contributed by atoms with Gasteiger partial charge in [0.2, 0.25) is 6.79 Å². The maximum absolute atomic E-state index is 12.6. The molecule has 1 aliphatic heterocycles. The number of thiophene rings is 1. The lowest BCUT2D eigenvalue weighted by Gasteiger charge is -2.14. The van der Waals surface area contributed by atoms with Crippen molar-refractivity contribution in [1.29, 1.82) is 0 Å². The number of carbonyl (C=O) groups excluding carboxylic acids is 1. The third-order valence-corrected chi connectivity index (χ3v) is 5.98. The van der Waals surface area contributed by atoms with E-state index in [1.807, 2.05) is 47.2 Å². The number of benzene rings is 1. The normalized spacial score (nSPS) is 14.3. The summed E-state index contributed by atoms with van der Waals surface area (Å²) >= 11 is 3.00. The first-order valence-electron chi connectivity index (χ1n) is 7.74. The first-order valence-corrected chi connectivity index (χ1v) is 9.44. The summed E-state index contributed by atoms with van der Waals surface area (Å²) in [6, 6.07) is 7.47. The number of amides is 1. The zero-order valence-electron chi connectivity index (χ0n) is 13.2. The minimum atomic E-state index is -0.139. The minimum absolute atomic E-state index is 0.0999. The monoisotopic (exact) mass is 371 g/mol. The van der Waals surface area contributed by atoms with Gasteiger partial charge in [-0.2, -0.15) is 0 Å². The summed E-state index contributed by atoms with van der Waals surface area (Å²) in [4.78, 5) is 19.6. The number of nitrogens with one attached hydrogen (secondary N) is 1. The Morgan fingerprint density at radius 2 is 2.20 bits per heavy atom. The van der Waals surface area contributed by atoms with Gasteiger partial charge in [0.25, 0.3) is 5.91 Å². The van der Waals surface area contributed by atoms with Crippen molar-refractivity contribution in [3.05, 3.63) is 46.3 Å². The minimum Gasteiger partial charge on any atom is -0.454 e. The van der Waals surface area contributed by atoms with E-state index >= 15 is 0 Å². The largest absolute Gasteiger partial charge is 0.454 e. The van der Waals surface area contributed by atoms with Crippen LogP contribution in [0.5, 0.6) is 11.5 Å². The molecule has 0 bridgehead atoms. The van der Waals surface area contributed by atoms with Crippen molar-refractivity contribution in [1.82, 2.24) is 14.7 Å². The number of hydrogen-bond donors (Lipinski definition) is 1. The molecule has 0 radical (unpaired) electrons. The lowest BCUT2D eigenvalue weighted by molar-refractivity contribution is 0.0944. The predicted octanol–water partition coefficient (Wildman–Crippen LogP) is 3.83. The van der Waals surface area contributed by atoms with Gasteiger partial charge in [0.1, 0.15) is 4.83 Å². The average molecular weight is 371 g/mol. The fourth-order valence-electron chi connectivity index (χ4n) is 2.89. The number of ether oxygens (including phenoxy) is 2. The molecule has 0 saturated heterocycles. The molecule has 4 heterocycles. The number of nitrogens with zero attached hydrogens (tertiary/aromatic N) is 2. The van der Waals surface area contributed by atoms with Crippen LogP contribution in [0.25, 0.3) is 15.3 Å². The average Bonchev–Trinajstić information content (AvgIpc) is 3.34. The fourth-order valence-corrected chi connectivity index (χ4v) is 4.60. The maximum Gasteiger partial charge on any atom is 0.261 e. The molecule has 25 heavy (non-hydrogen) atoms. The van der Waals surface area contributed by atoms with Crippen molar-refractivity contribution < 1.29 is 14.3 Å². The Morgan fingerprint density at radius 1 is 1.32 bits per heavy atom. The van der Waals surface area contributed by atoms with Crippen molar-refractivity contribution in [2.75, 3.05) is 6.79 Å². The molecular weight excluding hydrogens is 358 g/mol. The molecule has 4 aromatic rings. The van der Waals surface area contributed by atoms with Crippen LogP contribution in [0.4, 0.5) is 0 Å². The second-order valence-electron chi connectivity index (χ2n) is 5.78. The van der Waals surface area contributed by atoms with E-state index in [1.54, 1.807) is 11.3 Å². The van der Waals surface area contributed by atoms with Crippen molar-refractivity contribution in [3.63, 3.8) is 0 Å². The van der Waals surface area contributed by atoms with E-state index < -0.39 is 0 Å². The molecule has 1 aromatic carbocycles. The molecule has 126 valence electrons. The van der Waals surface area contributed by atoms with Gasteiger partial charge in [-0.25, -0.2) is 4.98 Å². The number of rotatable bonds is 3. The van der Waals surface area contributed by atoms with Gasteiger partial charge in [0, 0.05) is 11.6 Å². The number of fused-ring (bicyclic) bond motifs is 4. The molecule has 1 atom stereocenters. The van der Waals surface area contributed by atoms with Gasteiger partial charge in [-0.1, -0.05) is 6.07 Å². The second-order valence-corrected chi connectivity index (χ2v) is 7.68. The first kappa shape index (κ1) is 14.7. The molecule has 6 nitrogen and oxygen atoms in total. The van der Waals surface area contributed by atoms with Crippen LogP contribution < -0.4 is 14.8 Å². The van der Waals surface area contributed by atoms with Crippen LogP contribution in [-0.4, -0.2) is 22.1 Å². The molecule has 0 unspecified atom stereocenters. The molecule has 1 N–H and O–H groups in total. The third kappa shape index (κ3) is 2.37. The summed E-state index contributed by atoms with van der Waals surface area (Å²) in [6.45, 7) is 2.19. The fraction of sp³-hybridized carbons (Fsp3) is 0.176. The Hall–Kier alpha value is -2.58. The summed E-state index contributed by atoms with van der Waals surface area (Å²) in [5.41, 5.74) is 1.95. The lowest BCUT2D eigenvalue weighted by Crippen LogP contribution is -2.25. The Morgan fingerprint density at radius 3 is 3.12 bits per heavy atom. The van der Waals surface area contributed by atoms with E-state index in [2.05, 4.69) is 10.3 Å². The van der Waals surface area contributed by atoms with Crippen molar-refractivity contribution >= 4 is 43.9 Å². The zero-order chi connectivity index (χ0) is 17.0. The van der Waals surface area contributed by atoms with E-state index in [0.717, 1.165) is 26.6 Å². The van der Waals surface area contributed by atoms with Crippen molar-refractivity contribution in [3.8, 4) is 11.5 Å². The predicted molar refractivity (Wildman–Crippen MR) is 96.9 cm³/mol. The second kappa shape index (κ2) is 5.47. The third-order valence-electron chi connectivity index (χ3n) is 4.21. The summed E-state index contributed by atoms with van der Waals surface area (Å²) in [5.74, 6) is 1.35. The van der Waals surface area contributed by atoms with Crippen molar-refractivity contribution in [2.45, 2.75) is 13.0 Å². The highest BCUT2D eigenvalue weighted by atomic mass is 32.1. The van der Waals surface area contributed by atoms with Gasteiger partial charge >= 0.3 is 0 Å². The topological polar surface area (TPSA) is 64.9 Å². The Labute approximate surface area is 150 Å². The molecule has 0 spiro atoms. The maximum atomic E-state index is 12.6. The number of carbonyl (C=O) groups is 1. The van der Waals surface area contributed by atoms with Gasteiger partial charge in [-0.15, -0.1) is 22.7 Å². The SMILES string of the molecule is C[C@@H](NC(=O)c1cc2c(nc3sccn32)s1)c1ccc2c(c1)OCO2. The Bertz CT molecular complexity index is 1110. The number of hydrogen-bond acceptors (Lipinski definition) is 6. The Kier molecular flexibility index (Phi) is 3.22.